The summed E-state index contributed by atoms with van der Waals surface area (Å²) in [5, 5.41) is 3.67. The maximum atomic E-state index is 5.55. The van der Waals surface area contributed by atoms with E-state index in [2.05, 4.69) is 25.3 Å². The van der Waals surface area contributed by atoms with E-state index in [0.717, 1.165) is 11.4 Å². The van der Waals surface area contributed by atoms with E-state index in [-0.39, 0.29) is 6.10 Å². The third-order valence-electron chi connectivity index (χ3n) is 2.13. The van der Waals surface area contributed by atoms with Crippen LogP contribution in [-0.4, -0.2) is 32.6 Å². The molecule has 0 aromatic carbocycles. The second-order valence-corrected chi connectivity index (χ2v) is 5.25. The minimum absolute atomic E-state index is 0.0191. The number of rotatable bonds is 6. The van der Waals surface area contributed by atoms with Gasteiger partial charge in [0.25, 0.3) is 0 Å². The van der Waals surface area contributed by atoms with Gasteiger partial charge in [-0.15, -0.1) is 0 Å². The average Bonchev–Trinajstić information content (AvgIpc) is 2.39. The Kier molecular flexibility index (Phi) is 5.11. The molecule has 0 unspecified atom stereocenters. The zero-order chi connectivity index (χ0) is 14.4. The van der Waals surface area contributed by atoms with Crippen LogP contribution in [0.5, 0.6) is 6.01 Å². The quantitative estimate of drug-likeness (QED) is 0.877. The van der Waals surface area contributed by atoms with Crippen molar-refractivity contribution in [3.63, 3.8) is 0 Å². The Bertz CT molecular complexity index is 550. The largest absolute Gasteiger partial charge is 0.461 e. The maximum absolute atomic E-state index is 5.55. The summed E-state index contributed by atoms with van der Waals surface area (Å²) in [7, 11) is 0. The molecule has 0 amide bonds. The van der Waals surface area contributed by atoms with Crippen LogP contribution in [0.15, 0.2) is 34.6 Å². The zero-order valence-corrected chi connectivity index (χ0v) is 12.5. The summed E-state index contributed by atoms with van der Waals surface area (Å²) >= 11 is 1.45. The number of aromatic nitrogens is 4. The Hall–Kier alpha value is -1.89. The van der Waals surface area contributed by atoms with Crippen LogP contribution in [0, 0.1) is 0 Å². The lowest BCUT2D eigenvalue weighted by atomic mass is 10.5. The third-order valence-corrected chi connectivity index (χ3v) is 3.00. The van der Waals surface area contributed by atoms with E-state index >= 15 is 0 Å². The summed E-state index contributed by atoms with van der Waals surface area (Å²) in [6, 6.07) is 4.15. The summed E-state index contributed by atoms with van der Waals surface area (Å²) in [6.07, 6.45) is 3.49. The summed E-state index contributed by atoms with van der Waals surface area (Å²) in [6.45, 7) is 6.60. The van der Waals surface area contributed by atoms with Crippen LogP contribution in [0.1, 0.15) is 20.8 Å². The van der Waals surface area contributed by atoms with E-state index in [4.69, 9.17) is 4.74 Å². The first-order chi connectivity index (χ1) is 9.67. The lowest BCUT2D eigenvalue weighted by Crippen LogP contribution is -2.11. The van der Waals surface area contributed by atoms with Gasteiger partial charge in [0, 0.05) is 23.8 Å². The van der Waals surface area contributed by atoms with Crippen molar-refractivity contribution in [2.24, 2.45) is 0 Å². The minimum Gasteiger partial charge on any atom is -0.461 e. The van der Waals surface area contributed by atoms with Crippen molar-refractivity contribution < 1.29 is 4.74 Å². The molecule has 2 aromatic rings. The fourth-order valence-electron chi connectivity index (χ4n) is 1.40. The first kappa shape index (κ1) is 14.5. The second kappa shape index (κ2) is 7.04. The maximum Gasteiger partial charge on any atom is 0.322 e. The number of hydrogen-bond donors (Lipinski definition) is 1. The van der Waals surface area contributed by atoms with Crippen molar-refractivity contribution in [2.45, 2.75) is 36.9 Å². The normalized spacial score (nSPS) is 10.6. The Balaban J connectivity index is 2.24. The number of pyridine rings is 1. The predicted octanol–water partition coefficient (Wildman–Crippen LogP) is 2.64. The summed E-state index contributed by atoms with van der Waals surface area (Å²) in [5.41, 5.74) is 0. The lowest BCUT2D eigenvalue weighted by molar-refractivity contribution is 0.219. The van der Waals surface area contributed by atoms with Gasteiger partial charge in [-0.25, -0.2) is 0 Å². The van der Waals surface area contributed by atoms with Crippen LogP contribution < -0.4 is 10.1 Å². The van der Waals surface area contributed by atoms with Gasteiger partial charge in [-0.3, -0.25) is 4.98 Å². The van der Waals surface area contributed by atoms with Gasteiger partial charge in [0.2, 0.25) is 11.1 Å². The van der Waals surface area contributed by atoms with Crippen LogP contribution in [0.25, 0.3) is 0 Å². The fourth-order valence-corrected chi connectivity index (χ4v) is 2.12. The molecular weight excluding hydrogens is 274 g/mol. The molecule has 0 fully saturated rings. The van der Waals surface area contributed by atoms with Gasteiger partial charge in [-0.1, -0.05) is 0 Å². The molecule has 0 saturated heterocycles. The molecule has 2 aromatic heterocycles. The Labute approximate surface area is 122 Å². The lowest BCUT2D eigenvalue weighted by Gasteiger charge is -2.10. The third kappa shape index (κ3) is 4.34. The summed E-state index contributed by atoms with van der Waals surface area (Å²) < 4.78 is 5.55. The van der Waals surface area contributed by atoms with Crippen molar-refractivity contribution in [3.05, 3.63) is 24.5 Å². The van der Waals surface area contributed by atoms with Crippen LogP contribution in [0.4, 0.5) is 5.95 Å². The van der Waals surface area contributed by atoms with Crippen LogP contribution in [0.2, 0.25) is 0 Å². The van der Waals surface area contributed by atoms with E-state index in [1.807, 2.05) is 32.9 Å². The smallest absolute Gasteiger partial charge is 0.322 e. The first-order valence-electron chi connectivity index (χ1n) is 6.42. The standard InChI is InChI=1S/C13H17N5OS/c1-4-15-11-16-12(19-9(2)3)18-13(17-11)20-10-5-7-14-8-6-10/h5-9H,4H2,1-3H3,(H,15,16,17,18). The molecule has 20 heavy (non-hydrogen) atoms. The molecular formula is C13H17N5OS. The van der Waals surface area contributed by atoms with Crippen molar-refractivity contribution in [2.75, 3.05) is 11.9 Å². The predicted molar refractivity (Wildman–Crippen MR) is 78.1 cm³/mol. The average molecular weight is 291 g/mol. The van der Waals surface area contributed by atoms with E-state index in [0.29, 0.717) is 17.1 Å². The molecule has 2 rings (SSSR count). The van der Waals surface area contributed by atoms with Crippen molar-refractivity contribution >= 4 is 17.7 Å². The van der Waals surface area contributed by atoms with Crippen LogP contribution >= 0.6 is 11.8 Å². The molecule has 2 heterocycles. The minimum atomic E-state index is 0.0191. The van der Waals surface area contributed by atoms with Gasteiger partial charge < -0.3 is 10.1 Å². The topological polar surface area (TPSA) is 72.8 Å². The molecule has 1 N–H and O–H groups in total. The van der Waals surface area contributed by atoms with E-state index in [1.165, 1.54) is 11.8 Å². The Morgan fingerprint density at radius 3 is 2.60 bits per heavy atom. The highest BCUT2D eigenvalue weighted by Gasteiger charge is 2.10. The molecule has 0 aliphatic carbocycles. The van der Waals surface area contributed by atoms with Crippen LogP contribution in [-0.2, 0) is 0 Å². The van der Waals surface area contributed by atoms with Gasteiger partial charge >= 0.3 is 6.01 Å². The molecule has 0 spiro atoms. The van der Waals surface area contributed by atoms with Gasteiger partial charge in [0.05, 0.1) is 6.10 Å². The summed E-state index contributed by atoms with van der Waals surface area (Å²) in [4.78, 5) is 17.9. The van der Waals surface area contributed by atoms with Crippen molar-refractivity contribution in [3.8, 4) is 6.01 Å². The van der Waals surface area contributed by atoms with Gasteiger partial charge in [-0.05, 0) is 44.7 Å². The first-order valence-corrected chi connectivity index (χ1v) is 7.23. The van der Waals surface area contributed by atoms with Crippen LogP contribution in [0.3, 0.4) is 0 Å². The summed E-state index contributed by atoms with van der Waals surface area (Å²) in [5.74, 6) is 0.523. The van der Waals surface area contributed by atoms with Crippen molar-refractivity contribution in [1.82, 2.24) is 19.9 Å². The number of ether oxygens (including phenoxy) is 1. The number of anilines is 1. The van der Waals surface area contributed by atoms with Crippen molar-refractivity contribution in [1.29, 1.82) is 0 Å². The molecule has 0 aliphatic heterocycles. The molecule has 0 aliphatic rings. The second-order valence-electron chi connectivity index (χ2n) is 4.21. The SMILES string of the molecule is CCNc1nc(OC(C)C)nc(Sc2ccncc2)n1. The van der Waals surface area contributed by atoms with Gasteiger partial charge in [0.15, 0.2) is 0 Å². The zero-order valence-electron chi connectivity index (χ0n) is 11.7. The van der Waals surface area contributed by atoms with E-state index in [1.54, 1.807) is 12.4 Å². The van der Waals surface area contributed by atoms with E-state index in [9.17, 15) is 0 Å². The molecule has 0 radical (unpaired) electrons. The van der Waals surface area contributed by atoms with E-state index < -0.39 is 0 Å². The number of nitrogens with one attached hydrogen (secondary N) is 1. The Morgan fingerprint density at radius 2 is 1.95 bits per heavy atom. The molecule has 6 nitrogen and oxygen atoms in total. The van der Waals surface area contributed by atoms with Gasteiger partial charge in [-0.2, -0.15) is 15.0 Å². The Morgan fingerprint density at radius 1 is 1.20 bits per heavy atom. The van der Waals surface area contributed by atoms with Gasteiger partial charge in [0.1, 0.15) is 0 Å². The molecule has 0 bridgehead atoms. The molecule has 0 atom stereocenters. The fraction of sp³-hybridized carbons (Fsp3) is 0.385. The highest BCUT2D eigenvalue weighted by Crippen LogP contribution is 2.25. The molecule has 0 saturated carbocycles. The highest BCUT2D eigenvalue weighted by molar-refractivity contribution is 7.99. The monoisotopic (exact) mass is 291 g/mol. The molecule has 7 heteroatoms. The number of hydrogen-bond acceptors (Lipinski definition) is 7. The number of nitrogens with zero attached hydrogens (tertiary/aromatic N) is 4. The highest BCUT2D eigenvalue weighted by atomic mass is 32.2. The molecule has 106 valence electrons.